The summed E-state index contributed by atoms with van der Waals surface area (Å²) in [6, 6.07) is 16.7. The second kappa shape index (κ2) is 7.13. The zero-order valence-electron chi connectivity index (χ0n) is 14.6. The van der Waals surface area contributed by atoms with E-state index in [-0.39, 0.29) is 6.03 Å². The minimum Gasteiger partial charge on any atom is -0.353 e. The Morgan fingerprint density at radius 2 is 1.93 bits per heavy atom. The molecular formula is C21H17ClN4O. The van der Waals surface area contributed by atoms with Gasteiger partial charge in [0.15, 0.2) is 0 Å². The van der Waals surface area contributed by atoms with Crippen LogP contribution in [-0.4, -0.2) is 16.0 Å². The Morgan fingerprint density at radius 1 is 1.07 bits per heavy atom. The van der Waals surface area contributed by atoms with Crippen LogP contribution < -0.4 is 10.6 Å². The van der Waals surface area contributed by atoms with Crippen LogP contribution in [0.15, 0.2) is 67.0 Å². The number of benzene rings is 2. The van der Waals surface area contributed by atoms with Gasteiger partial charge in [-0.15, -0.1) is 0 Å². The van der Waals surface area contributed by atoms with Crippen LogP contribution in [0.5, 0.6) is 0 Å². The normalized spacial score (nSPS) is 10.7. The molecular weight excluding hydrogens is 360 g/mol. The lowest BCUT2D eigenvalue weighted by Crippen LogP contribution is -2.20. The maximum Gasteiger partial charge on any atom is 0.323 e. The van der Waals surface area contributed by atoms with Gasteiger partial charge in [0, 0.05) is 39.6 Å². The second-order valence-corrected chi connectivity index (χ2v) is 6.64. The number of H-pyrrole nitrogens is 1. The first kappa shape index (κ1) is 17.1. The monoisotopic (exact) mass is 376 g/mol. The van der Waals surface area contributed by atoms with Crippen LogP contribution in [0.2, 0.25) is 5.02 Å². The number of aromatic nitrogens is 2. The third kappa shape index (κ3) is 3.50. The molecule has 4 rings (SSSR count). The Kier molecular flexibility index (Phi) is 4.52. The molecule has 0 fully saturated rings. The number of halogens is 1. The van der Waals surface area contributed by atoms with Crippen molar-refractivity contribution in [1.82, 2.24) is 9.97 Å². The lowest BCUT2D eigenvalue weighted by atomic mass is 10.1. The molecule has 2 aromatic carbocycles. The number of para-hydroxylation sites is 1. The van der Waals surface area contributed by atoms with E-state index in [2.05, 4.69) is 20.6 Å². The fourth-order valence-electron chi connectivity index (χ4n) is 2.99. The fraction of sp³-hybridized carbons (Fsp3) is 0.0476. The standard InChI is InChI=1S/C21H17ClN4O/c1-13-8-9-15(22)11-18(13)25-21(27)26-20-16-6-2-3-7-17(16)24-19(20)14-5-4-10-23-12-14/h2-12,24H,1H3,(H2,25,26,27). The van der Waals surface area contributed by atoms with Crippen LogP contribution in [0.4, 0.5) is 16.2 Å². The van der Waals surface area contributed by atoms with E-state index in [1.165, 1.54) is 0 Å². The first-order valence-corrected chi connectivity index (χ1v) is 8.85. The van der Waals surface area contributed by atoms with E-state index in [9.17, 15) is 4.79 Å². The lowest BCUT2D eigenvalue weighted by molar-refractivity contribution is 0.262. The van der Waals surface area contributed by atoms with Crippen molar-refractivity contribution in [2.45, 2.75) is 6.92 Å². The number of nitrogens with zero attached hydrogens (tertiary/aromatic N) is 1. The number of aromatic amines is 1. The Morgan fingerprint density at radius 3 is 2.74 bits per heavy atom. The van der Waals surface area contributed by atoms with E-state index in [1.54, 1.807) is 24.5 Å². The summed E-state index contributed by atoms with van der Waals surface area (Å²) in [7, 11) is 0. The predicted octanol–water partition coefficient (Wildman–Crippen LogP) is 5.84. The lowest BCUT2D eigenvalue weighted by Gasteiger charge is -2.11. The minimum absolute atomic E-state index is 0.338. The summed E-state index contributed by atoms with van der Waals surface area (Å²) < 4.78 is 0. The molecule has 134 valence electrons. The second-order valence-electron chi connectivity index (χ2n) is 6.20. The van der Waals surface area contributed by atoms with Crippen molar-refractivity contribution in [3.63, 3.8) is 0 Å². The number of fused-ring (bicyclic) bond motifs is 1. The number of carbonyl (C=O) groups is 1. The molecule has 6 heteroatoms. The van der Waals surface area contributed by atoms with Crippen molar-refractivity contribution in [2.24, 2.45) is 0 Å². The molecule has 0 aliphatic heterocycles. The SMILES string of the molecule is Cc1ccc(Cl)cc1NC(=O)Nc1c(-c2cccnc2)[nH]c2ccccc12. The zero-order chi connectivity index (χ0) is 18.8. The number of anilines is 2. The largest absolute Gasteiger partial charge is 0.353 e. The van der Waals surface area contributed by atoms with Gasteiger partial charge in [0.25, 0.3) is 0 Å². The van der Waals surface area contributed by atoms with Crippen LogP contribution >= 0.6 is 11.6 Å². The third-order valence-corrected chi connectivity index (χ3v) is 4.58. The van der Waals surface area contributed by atoms with Crippen molar-refractivity contribution in [2.75, 3.05) is 10.6 Å². The number of urea groups is 1. The Balaban J connectivity index is 1.70. The van der Waals surface area contributed by atoms with Crippen LogP contribution in [0.3, 0.4) is 0 Å². The molecule has 0 bridgehead atoms. The van der Waals surface area contributed by atoms with Gasteiger partial charge in [0.2, 0.25) is 0 Å². The van der Waals surface area contributed by atoms with Gasteiger partial charge in [0.05, 0.1) is 11.4 Å². The van der Waals surface area contributed by atoms with Gasteiger partial charge in [-0.25, -0.2) is 4.79 Å². The average molecular weight is 377 g/mol. The molecule has 0 spiro atoms. The summed E-state index contributed by atoms with van der Waals surface area (Å²) >= 11 is 6.04. The Labute approximate surface area is 161 Å². The van der Waals surface area contributed by atoms with Crippen molar-refractivity contribution < 1.29 is 4.79 Å². The van der Waals surface area contributed by atoms with Crippen molar-refractivity contribution in [3.8, 4) is 11.3 Å². The van der Waals surface area contributed by atoms with Crippen LogP contribution in [0.1, 0.15) is 5.56 Å². The Hall–Kier alpha value is -3.31. The van der Waals surface area contributed by atoms with Crippen LogP contribution in [0, 0.1) is 6.92 Å². The minimum atomic E-state index is -0.338. The van der Waals surface area contributed by atoms with E-state index in [1.807, 2.05) is 49.4 Å². The quantitative estimate of drug-likeness (QED) is 0.420. The third-order valence-electron chi connectivity index (χ3n) is 4.34. The first-order chi connectivity index (χ1) is 13.1. The summed E-state index contributed by atoms with van der Waals surface area (Å²) in [5.74, 6) is 0. The molecule has 2 heterocycles. The highest BCUT2D eigenvalue weighted by molar-refractivity contribution is 6.31. The number of amides is 2. The first-order valence-electron chi connectivity index (χ1n) is 8.47. The molecule has 0 aliphatic carbocycles. The molecule has 0 atom stereocenters. The van der Waals surface area contributed by atoms with Gasteiger partial charge in [-0.3, -0.25) is 4.98 Å². The fourth-order valence-corrected chi connectivity index (χ4v) is 3.17. The summed E-state index contributed by atoms with van der Waals surface area (Å²) in [6.45, 7) is 1.92. The predicted molar refractivity (Wildman–Crippen MR) is 110 cm³/mol. The van der Waals surface area contributed by atoms with Crippen molar-refractivity contribution in [1.29, 1.82) is 0 Å². The highest BCUT2D eigenvalue weighted by atomic mass is 35.5. The molecule has 0 radical (unpaired) electrons. The maximum atomic E-state index is 12.7. The van der Waals surface area contributed by atoms with Gasteiger partial charge < -0.3 is 15.6 Å². The van der Waals surface area contributed by atoms with E-state index in [0.29, 0.717) is 16.4 Å². The summed E-state index contributed by atoms with van der Waals surface area (Å²) in [4.78, 5) is 20.2. The van der Waals surface area contributed by atoms with Crippen molar-refractivity contribution >= 4 is 39.9 Å². The molecule has 2 amide bonds. The van der Waals surface area contributed by atoms with Crippen LogP contribution in [-0.2, 0) is 0 Å². The maximum absolute atomic E-state index is 12.7. The number of carbonyl (C=O) groups excluding carboxylic acids is 1. The van der Waals surface area contributed by atoms with Gasteiger partial charge in [0.1, 0.15) is 0 Å². The summed E-state index contributed by atoms with van der Waals surface area (Å²) in [6.07, 6.45) is 3.48. The summed E-state index contributed by atoms with van der Waals surface area (Å²) in [5, 5.41) is 7.34. The van der Waals surface area contributed by atoms with Gasteiger partial charge >= 0.3 is 6.03 Å². The number of hydrogen-bond donors (Lipinski definition) is 3. The average Bonchev–Trinajstić information content (AvgIpc) is 3.04. The van der Waals surface area contributed by atoms with E-state index < -0.39 is 0 Å². The van der Waals surface area contributed by atoms with Gasteiger partial charge in [-0.1, -0.05) is 35.9 Å². The molecule has 0 aliphatic rings. The number of nitrogens with one attached hydrogen (secondary N) is 3. The zero-order valence-corrected chi connectivity index (χ0v) is 15.3. The molecule has 27 heavy (non-hydrogen) atoms. The molecule has 0 unspecified atom stereocenters. The molecule has 2 aromatic heterocycles. The molecule has 0 saturated carbocycles. The van der Waals surface area contributed by atoms with Gasteiger partial charge in [-0.2, -0.15) is 0 Å². The highest BCUT2D eigenvalue weighted by Gasteiger charge is 2.16. The van der Waals surface area contributed by atoms with Gasteiger partial charge in [-0.05, 0) is 42.8 Å². The number of hydrogen-bond acceptors (Lipinski definition) is 2. The summed E-state index contributed by atoms with van der Waals surface area (Å²) in [5.41, 5.74) is 4.94. The number of aryl methyl sites for hydroxylation is 1. The van der Waals surface area contributed by atoms with E-state index in [0.717, 1.165) is 27.7 Å². The topological polar surface area (TPSA) is 69.8 Å². The molecule has 5 nitrogen and oxygen atoms in total. The Bertz CT molecular complexity index is 1120. The van der Waals surface area contributed by atoms with E-state index in [4.69, 9.17) is 11.6 Å². The molecule has 3 N–H and O–H groups in total. The van der Waals surface area contributed by atoms with Crippen molar-refractivity contribution in [3.05, 3.63) is 77.6 Å². The van der Waals surface area contributed by atoms with Crippen LogP contribution in [0.25, 0.3) is 22.2 Å². The molecule has 4 aromatic rings. The number of pyridine rings is 1. The number of rotatable bonds is 3. The molecule has 0 saturated heterocycles. The smallest absolute Gasteiger partial charge is 0.323 e. The highest BCUT2D eigenvalue weighted by Crippen LogP contribution is 2.34. The van der Waals surface area contributed by atoms with E-state index >= 15 is 0 Å².